The number of ether oxygens (including phenoxy) is 1. The molecule has 1 fully saturated rings. The van der Waals surface area contributed by atoms with Crippen molar-refractivity contribution < 1.29 is 22.7 Å². The lowest BCUT2D eigenvalue weighted by Crippen LogP contribution is -2.44. The van der Waals surface area contributed by atoms with Crippen LogP contribution in [0, 0.1) is 12.8 Å². The third-order valence-corrected chi connectivity index (χ3v) is 7.87. The minimum atomic E-state index is -3.43. The molecule has 0 unspecified atom stereocenters. The Hall–Kier alpha value is -2.71. The Morgan fingerprint density at radius 3 is 2.61 bits per heavy atom. The topological polar surface area (TPSA) is 92.8 Å². The van der Waals surface area contributed by atoms with E-state index in [-0.39, 0.29) is 24.8 Å². The van der Waals surface area contributed by atoms with Gasteiger partial charge in [-0.3, -0.25) is 4.79 Å². The summed E-state index contributed by atoms with van der Waals surface area (Å²) in [6.07, 6.45) is 2.50. The minimum Gasteiger partial charge on any atom is -0.462 e. The molecule has 1 saturated heterocycles. The van der Waals surface area contributed by atoms with Gasteiger partial charge in [0.05, 0.1) is 23.8 Å². The number of carbonyl (C=O) groups excluding carboxylic acids is 2. The second kappa shape index (κ2) is 11.4. The van der Waals surface area contributed by atoms with Gasteiger partial charge >= 0.3 is 5.97 Å². The number of rotatable bonds is 9. The molecule has 1 atom stereocenters. The summed E-state index contributed by atoms with van der Waals surface area (Å²) in [5.74, 6) is -1.04. The minimum absolute atomic E-state index is 0.0664. The van der Waals surface area contributed by atoms with Crippen molar-refractivity contribution in [2.24, 2.45) is 5.92 Å². The number of aryl methyl sites for hydroxylation is 1. The number of carbonyl (C=O) groups is 2. The van der Waals surface area contributed by atoms with Gasteiger partial charge in [0, 0.05) is 18.8 Å². The van der Waals surface area contributed by atoms with Gasteiger partial charge in [-0.15, -0.1) is 0 Å². The maximum atomic E-state index is 12.9. The zero-order chi connectivity index (χ0) is 23.8. The van der Waals surface area contributed by atoms with Gasteiger partial charge in [-0.2, -0.15) is 0 Å². The van der Waals surface area contributed by atoms with Crippen molar-refractivity contribution >= 4 is 27.6 Å². The van der Waals surface area contributed by atoms with Crippen molar-refractivity contribution in [1.82, 2.24) is 4.31 Å². The van der Waals surface area contributed by atoms with Crippen molar-refractivity contribution in [2.75, 3.05) is 30.8 Å². The number of hydrogen-bond donors (Lipinski definition) is 1. The summed E-state index contributed by atoms with van der Waals surface area (Å²) in [4.78, 5) is 25.1. The highest BCUT2D eigenvalue weighted by molar-refractivity contribution is 7.89. The number of anilines is 1. The Balaban J connectivity index is 1.60. The largest absolute Gasteiger partial charge is 0.462 e. The molecule has 1 N–H and O–H groups in total. The SMILES string of the molecule is CCOC(=O)c1cccc(NC(=O)[C@H]2CCCN(S(=O)(=O)CCCc3ccccc3)C2)c1C. The summed E-state index contributed by atoms with van der Waals surface area (Å²) in [5, 5.41) is 2.89. The second-order valence-corrected chi connectivity index (χ2v) is 10.4. The first kappa shape index (κ1) is 24.9. The van der Waals surface area contributed by atoms with Gasteiger partial charge in [0.25, 0.3) is 0 Å². The average Bonchev–Trinajstić information content (AvgIpc) is 2.81. The van der Waals surface area contributed by atoms with Crippen LogP contribution in [0.2, 0.25) is 0 Å². The van der Waals surface area contributed by atoms with Crippen LogP contribution in [0.3, 0.4) is 0 Å². The van der Waals surface area contributed by atoms with Crippen LogP contribution in [-0.4, -0.2) is 50.0 Å². The summed E-state index contributed by atoms with van der Waals surface area (Å²) in [6.45, 7) is 4.38. The third kappa shape index (κ3) is 6.65. The van der Waals surface area contributed by atoms with Crippen molar-refractivity contribution in [3.05, 3.63) is 65.2 Å². The van der Waals surface area contributed by atoms with E-state index in [1.807, 2.05) is 30.3 Å². The summed E-state index contributed by atoms with van der Waals surface area (Å²) in [7, 11) is -3.43. The number of hydrogen-bond acceptors (Lipinski definition) is 5. The first-order valence-corrected chi connectivity index (χ1v) is 13.0. The molecule has 0 aliphatic carbocycles. The van der Waals surface area contributed by atoms with Crippen molar-refractivity contribution in [2.45, 2.75) is 39.5 Å². The first-order valence-electron chi connectivity index (χ1n) is 11.4. The molecule has 0 spiro atoms. The number of piperidine rings is 1. The van der Waals surface area contributed by atoms with Crippen LogP contribution < -0.4 is 5.32 Å². The van der Waals surface area contributed by atoms with Gasteiger partial charge in [0.2, 0.25) is 15.9 Å². The molecule has 1 aliphatic heterocycles. The van der Waals surface area contributed by atoms with E-state index >= 15 is 0 Å². The van der Waals surface area contributed by atoms with E-state index in [4.69, 9.17) is 4.74 Å². The lowest BCUT2D eigenvalue weighted by Gasteiger charge is -2.31. The Labute approximate surface area is 196 Å². The van der Waals surface area contributed by atoms with Crippen molar-refractivity contribution in [3.8, 4) is 0 Å². The fourth-order valence-corrected chi connectivity index (χ4v) is 5.66. The summed E-state index contributed by atoms with van der Waals surface area (Å²) in [5.41, 5.74) is 2.68. The quantitative estimate of drug-likeness (QED) is 0.561. The third-order valence-electron chi connectivity index (χ3n) is 5.95. The van der Waals surface area contributed by atoms with Crippen LogP contribution in [0.15, 0.2) is 48.5 Å². The number of nitrogens with zero attached hydrogens (tertiary/aromatic N) is 1. The lowest BCUT2D eigenvalue weighted by atomic mass is 9.98. The molecule has 1 aliphatic rings. The van der Waals surface area contributed by atoms with Crippen LogP contribution in [0.25, 0.3) is 0 Å². The molecule has 3 rings (SSSR count). The normalized spacial score (nSPS) is 16.8. The lowest BCUT2D eigenvalue weighted by molar-refractivity contribution is -0.120. The standard InChI is InChI=1S/C25H32N2O5S/c1-3-32-25(29)22-14-7-15-23(19(22)2)26-24(28)21-13-8-16-27(18-21)33(30,31)17-9-12-20-10-5-4-6-11-20/h4-7,10-11,14-15,21H,3,8-9,12-13,16-18H2,1-2H3,(H,26,28)/t21-/m0/s1. The Morgan fingerprint density at radius 2 is 1.88 bits per heavy atom. The predicted octanol–water partition coefficient (Wildman–Crippen LogP) is 3.78. The smallest absolute Gasteiger partial charge is 0.338 e. The molecule has 1 heterocycles. The van der Waals surface area contributed by atoms with Crippen molar-refractivity contribution in [3.63, 3.8) is 0 Å². The molecule has 8 heteroatoms. The maximum absolute atomic E-state index is 12.9. The molecule has 7 nitrogen and oxygen atoms in total. The first-order chi connectivity index (χ1) is 15.8. The monoisotopic (exact) mass is 472 g/mol. The van der Waals surface area contributed by atoms with Gasteiger partial charge in [0.1, 0.15) is 0 Å². The molecule has 0 aromatic heterocycles. The van der Waals surface area contributed by atoms with Gasteiger partial charge in [0.15, 0.2) is 0 Å². The van der Waals surface area contributed by atoms with E-state index in [1.165, 1.54) is 4.31 Å². The molecular weight excluding hydrogens is 440 g/mol. The van der Waals surface area contributed by atoms with Crippen LogP contribution in [-0.2, 0) is 26.0 Å². The number of amides is 1. The predicted molar refractivity (Wildman–Crippen MR) is 129 cm³/mol. The molecule has 178 valence electrons. The van der Waals surface area contributed by atoms with Crippen LogP contribution in [0.4, 0.5) is 5.69 Å². The van der Waals surface area contributed by atoms with Gasteiger partial charge < -0.3 is 10.1 Å². The van der Waals surface area contributed by atoms with E-state index in [0.29, 0.717) is 49.0 Å². The van der Waals surface area contributed by atoms with E-state index in [2.05, 4.69) is 5.32 Å². The maximum Gasteiger partial charge on any atom is 0.338 e. The average molecular weight is 473 g/mol. The highest BCUT2D eigenvalue weighted by Gasteiger charge is 2.32. The molecule has 0 saturated carbocycles. The highest BCUT2D eigenvalue weighted by atomic mass is 32.2. The van der Waals surface area contributed by atoms with E-state index in [9.17, 15) is 18.0 Å². The number of esters is 1. The van der Waals surface area contributed by atoms with Crippen LogP contribution in [0.1, 0.15) is 47.7 Å². The fourth-order valence-electron chi connectivity index (χ4n) is 4.08. The zero-order valence-corrected chi connectivity index (χ0v) is 20.1. The van der Waals surface area contributed by atoms with Gasteiger partial charge in [-0.25, -0.2) is 17.5 Å². The number of sulfonamides is 1. The van der Waals surface area contributed by atoms with Crippen LogP contribution >= 0.6 is 0 Å². The summed E-state index contributed by atoms with van der Waals surface area (Å²) < 4.78 is 32.3. The summed E-state index contributed by atoms with van der Waals surface area (Å²) >= 11 is 0. The summed E-state index contributed by atoms with van der Waals surface area (Å²) in [6, 6.07) is 14.9. The molecular formula is C25H32N2O5S. The molecule has 0 bridgehead atoms. The van der Waals surface area contributed by atoms with Gasteiger partial charge in [-0.1, -0.05) is 36.4 Å². The van der Waals surface area contributed by atoms with E-state index in [1.54, 1.807) is 32.0 Å². The molecule has 2 aromatic carbocycles. The van der Waals surface area contributed by atoms with Crippen molar-refractivity contribution in [1.29, 1.82) is 0 Å². The molecule has 0 radical (unpaired) electrons. The molecule has 2 aromatic rings. The Morgan fingerprint density at radius 1 is 1.12 bits per heavy atom. The Kier molecular flexibility index (Phi) is 8.63. The van der Waals surface area contributed by atoms with Crippen LogP contribution in [0.5, 0.6) is 0 Å². The number of benzene rings is 2. The second-order valence-electron chi connectivity index (χ2n) is 8.29. The molecule has 1 amide bonds. The van der Waals surface area contributed by atoms with E-state index in [0.717, 1.165) is 5.56 Å². The molecule has 33 heavy (non-hydrogen) atoms. The fraction of sp³-hybridized carbons (Fsp3) is 0.440. The highest BCUT2D eigenvalue weighted by Crippen LogP contribution is 2.24. The number of nitrogens with one attached hydrogen (secondary N) is 1. The Bertz CT molecular complexity index is 1070. The van der Waals surface area contributed by atoms with E-state index < -0.39 is 21.9 Å². The zero-order valence-electron chi connectivity index (χ0n) is 19.2. The van der Waals surface area contributed by atoms with Gasteiger partial charge in [-0.05, 0) is 62.8 Å².